The quantitative estimate of drug-likeness (QED) is 0.442. The third-order valence-electron chi connectivity index (χ3n) is 5.59. The van der Waals surface area contributed by atoms with Gasteiger partial charge in [0.05, 0.1) is 6.54 Å². The van der Waals surface area contributed by atoms with E-state index in [0.717, 1.165) is 18.5 Å². The minimum Gasteiger partial charge on any atom is -0.376 e. The first kappa shape index (κ1) is 24.3. The van der Waals surface area contributed by atoms with Gasteiger partial charge in [0.2, 0.25) is 11.8 Å². The number of hydrogen-bond acceptors (Lipinski definition) is 4. The van der Waals surface area contributed by atoms with Crippen molar-refractivity contribution in [3.05, 3.63) is 54.1 Å². The number of amides is 3. The van der Waals surface area contributed by atoms with Gasteiger partial charge < -0.3 is 21.3 Å². The monoisotopic (exact) mass is 450 g/mol. The Morgan fingerprint density at radius 3 is 1.91 bits per heavy atom. The summed E-state index contributed by atoms with van der Waals surface area (Å²) in [5, 5.41) is 11.8. The van der Waals surface area contributed by atoms with Gasteiger partial charge in [0, 0.05) is 35.1 Å². The summed E-state index contributed by atoms with van der Waals surface area (Å²) >= 11 is 0. The summed E-state index contributed by atoms with van der Waals surface area (Å²) in [7, 11) is 0. The van der Waals surface area contributed by atoms with E-state index in [1.54, 1.807) is 48.5 Å². The van der Waals surface area contributed by atoms with Crippen LogP contribution in [0.25, 0.3) is 0 Å². The molecule has 0 aromatic heterocycles. The third kappa shape index (κ3) is 8.25. The lowest BCUT2D eigenvalue weighted by Crippen LogP contribution is -2.36. The zero-order valence-corrected chi connectivity index (χ0v) is 19.4. The molecule has 3 amide bonds. The van der Waals surface area contributed by atoms with Crippen LogP contribution in [-0.4, -0.2) is 30.3 Å². The maximum atomic E-state index is 12.4. The number of carbonyl (C=O) groups excluding carboxylic acids is 3. The van der Waals surface area contributed by atoms with Gasteiger partial charge in [-0.25, -0.2) is 0 Å². The molecule has 0 bridgehead atoms. The van der Waals surface area contributed by atoms with Crippen molar-refractivity contribution < 1.29 is 14.4 Å². The minimum atomic E-state index is -0.189. The zero-order valence-electron chi connectivity index (χ0n) is 19.4. The Bertz CT molecular complexity index is 933. The van der Waals surface area contributed by atoms with Gasteiger partial charge >= 0.3 is 0 Å². The van der Waals surface area contributed by atoms with Crippen molar-refractivity contribution in [2.24, 2.45) is 5.92 Å². The molecule has 0 atom stereocenters. The number of hydrogen-bond donors (Lipinski definition) is 4. The van der Waals surface area contributed by atoms with E-state index in [1.165, 1.54) is 19.3 Å². The molecule has 33 heavy (non-hydrogen) atoms. The summed E-state index contributed by atoms with van der Waals surface area (Å²) in [6.45, 7) is 4.09. The smallest absolute Gasteiger partial charge is 0.251 e. The van der Waals surface area contributed by atoms with Crippen molar-refractivity contribution in [3.63, 3.8) is 0 Å². The van der Waals surface area contributed by atoms with Crippen LogP contribution in [0.3, 0.4) is 0 Å². The van der Waals surface area contributed by atoms with E-state index in [9.17, 15) is 14.4 Å². The number of anilines is 3. The Morgan fingerprint density at radius 2 is 1.33 bits per heavy atom. The number of nitrogens with one attached hydrogen (secondary N) is 4. The van der Waals surface area contributed by atoms with Gasteiger partial charge in [-0.2, -0.15) is 0 Å². The highest BCUT2D eigenvalue weighted by Gasteiger charge is 2.16. The third-order valence-corrected chi connectivity index (χ3v) is 5.59. The molecule has 1 aliphatic carbocycles. The molecule has 0 aliphatic heterocycles. The predicted octanol–water partition coefficient (Wildman–Crippen LogP) is 4.78. The first-order valence-corrected chi connectivity index (χ1v) is 11.7. The molecule has 1 fully saturated rings. The molecule has 2 aromatic rings. The Balaban J connectivity index is 1.42. The van der Waals surface area contributed by atoms with Crippen molar-refractivity contribution in [1.82, 2.24) is 5.32 Å². The van der Waals surface area contributed by atoms with Crippen LogP contribution >= 0.6 is 0 Å². The second kappa shape index (κ2) is 12.0. The van der Waals surface area contributed by atoms with E-state index >= 15 is 0 Å². The van der Waals surface area contributed by atoms with Crippen molar-refractivity contribution in [2.45, 2.75) is 58.4 Å². The highest BCUT2D eigenvalue weighted by atomic mass is 16.2. The molecule has 0 unspecified atom stereocenters. The van der Waals surface area contributed by atoms with Crippen molar-refractivity contribution in [3.8, 4) is 0 Å². The van der Waals surface area contributed by atoms with E-state index in [0.29, 0.717) is 29.3 Å². The van der Waals surface area contributed by atoms with Crippen LogP contribution in [0.15, 0.2) is 48.5 Å². The molecule has 2 aromatic carbocycles. The molecule has 1 saturated carbocycles. The maximum absolute atomic E-state index is 12.4. The van der Waals surface area contributed by atoms with Gasteiger partial charge in [-0.3, -0.25) is 14.4 Å². The van der Waals surface area contributed by atoms with Gasteiger partial charge in [0.25, 0.3) is 5.91 Å². The standard InChI is InChI=1S/C26H34N4O3/c1-18(2)16-24(31)28-22-12-14-23(15-13-22)29-25(32)17-27-20-10-8-19(9-11-20)26(33)30-21-6-4-3-5-7-21/h8-15,18,21,27H,3-7,16-17H2,1-2H3,(H,28,31)(H,29,32)(H,30,33). The average molecular weight is 451 g/mol. The highest BCUT2D eigenvalue weighted by Crippen LogP contribution is 2.18. The molecule has 0 saturated heterocycles. The molecule has 7 heteroatoms. The van der Waals surface area contributed by atoms with Crippen molar-refractivity contribution in [1.29, 1.82) is 0 Å². The molecule has 176 valence electrons. The molecule has 0 spiro atoms. The molecular formula is C26H34N4O3. The normalized spacial score (nSPS) is 13.9. The first-order chi connectivity index (χ1) is 15.9. The molecule has 4 N–H and O–H groups in total. The first-order valence-electron chi connectivity index (χ1n) is 11.7. The van der Waals surface area contributed by atoms with E-state index in [-0.39, 0.29) is 30.3 Å². The largest absolute Gasteiger partial charge is 0.376 e. The van der Waals surface area contributed by atoms with Gasteiger partial charge in [0.1, 0.15) is 0 Å². The van der Waals surface area contributed by atoms with E-state index in [1.807, 2.05) is 13.8 Å². The predicted molar refractivity (Wildman–Crippen MR) is 132 cm³/mol. The van der Waals surface area contributed by atoms with Crippen LogP contribution < -0.4 is 21.3 Å². The maximum Gasteiger partial charge on any atom is 0.251 e. The summed E-state index contributed by atoms with van der Waals surface area (Å²) in [4.78, 5) is 36.5. The molecular weight excluding hydrogens is 416 g/mol. The fourth-order valence-corrected chi connectivity index (χ4v) is 3.86. The molecule has 1 aliphatic rings. The van der Waals surface area contributed by atoms with Gasteiger partial charge in [-0.05, 0) is 67.3 Å². The Morgan fingerprint density at radius 1 is 0.788 bits per heavy atom. The fourth-order valence-electron chi connectivity index (χ4n) is 3.86. The van der Waals surface area contributed by atoms with Crippen LogP contribution in [0.5, 0.6) is 0 Å². The Kier molecular flexibility index (Phi) is 8.87. The topological polar surface area (TPSA) is 99.3 Å². The molecule has 3 rings (SSSR count). The number of benzene rings is 2. The SMILES string of the molecule is CC(C)CC(=O)Nc1ccc(NC(=O)CNc2ccc(C(=O)NC3CCCCC3)cc2)cc1. The summed E-state index contributed by atoms with van der Waals surface area (Å²) in [6, 6.07) is 14.4. The zero-order chi connectivity index (χ0) is 23.6. The lowest BCUT2D eigenvalue weighted by atomic mass is 9.95. The van der Waals surface area contributed by atoms with Crippen molar-refractivity contribution >= 4 is 34.8 Å². The summed E-state index contributed by atoms with van der Waals surface area (Å²) in [6.07, 6.45) is 6.17. The molecule has 0 radical (unpaired) electrons. The van der Waals surface area contributed by atoms with Gasteiger partial charge in [0.15, 0.2) is 0 Å². The number of rotatable bonds is 9. The lowest BCUT2D eigenvalue weighted by molar-refractivity contribution is -0.117. The highest BCUT2D eigenvalue weighted by molar-refractivity contribution is 5.96. The summed E-state index contributed by atoms with van der Waals surface area (Å²) < 4.78 is 0. The van der Waals surface area contributed by atoms with E-state index in [4.69, 9.17) is 0 Å². The van der Waals surface area contributed by atoms with Gasteiger partial charge in [-0.1, -0.05) is 33.1 Å². The second-order valence-corrected chi connectivity index (χ2v) is 9.01. The number of carbonyl (C=O) groups is 3. The van der Waals surface area contributed by atoms with Crippen molar-refractivity contribution in [2.75, 3.05) is 22.5 Å². The van der Waals surface area contributed by atoms with Crippen LogP contribution in [0.1, 0.15) is 62.7 Å². The minimum absolute atomic E-state index is 0.0246. The Hall–Kier alpha value is -3.35. The summed E-state index contributed by atoms with van der Waals surface area (Å²) in [5.41, 5.74) is 2.74. The van der Waals surface area contributed by atoms with Crippen LogP contribution in [0.4, 0.5) is 17.1 Å². The fraction of sp³-hybridized carbons (Fsp3) is 0.423. The van der Waals surface area contributed by atoms with Gasteiger partial charge in [-0.15, -0.1) is 0 Å². The second-order valence-electron chi connectivity index (χ2n) is 9.01. The van der Waals surface area contributed by atoms with E-state index in [2.05, 4.69) is 21.3 Å². The van der Waals surface area contributed by atoms with E-state index < -0.39 is 0 Å². The molecule has 0 heterocycles. The summed E-state index contributed by atoms with van der Waals surface area (Å²) in [5.74, 6) is 0.0372. The molecule has 7 nitrogen and oxygen atoms in total. The average Bonchev–Trinajstić information content (AvgIpc) is 2.79. The van der Waals surface area contributed by atoms with Crippen LogP contribution in [0.2, 0.25) is 0 Å². The Labute approximate surface area is 195 Å². The van der Waals surface area contributed by atoms with Crippen LogP contribution in [0, 0.1) is 5.92 Å². The van der Waals surface area contributed by atoms with Crippen LogP contribution in [-0.2, 0) is 9.59 Å². The lowest BCUT2D eigenvalue weighted by Gasteiger charge is -2.22.